The number of piperazine rings is 1. The van der Waals surface area contributed by atoms with E-state index in [1.165, 1.54) is 0 Å². The van der Waals surface area contributed by atoms with Crippen molar-refractivity contribution in [3.05, 3.63) is 42.6 Å². The first-order valence-corrected chi connectivity index (χ1v) is 9.34. The molecule has 138 valence electrons. The molecule has 0 aliphatic carbocycles. The van der Waals surface area contributed by atoms with E-state index in [9.17, 15) is 4.79 Å². The number of nitrogens with zero attached hydrogens (tertiary/aromatic N) is 4. The highest BCUT2D eigenvalue weighted by atomic mass is 16.2. The van der Waals surface area contributed by atoms with E-state index in [1.54, 1.807) is 6.08 Å². The number of para-hydroxylation sites is 1. The van der Waals surface area contributed by atoms with E-state index in [2.05, 4.69) is 40.9 Å². The van der Waals surface area contributed by atoms with Crippen LogP contribution in [0.3, 0.4) is 0 Å². The first kappa shape index (κ1) is 17.2. The zero-order chi connectivity index (χ0) is 18.3. The van der Waals surface area contributed by atoms with E-state index in [0.29, 0.717) is 24.3 Å². The summed E-state index contributed by atoms with van der Waals surface area (Å²) < 4.78 is 1.84. The number of carbonyl (C=O) groups is 1. The number of likely N-dealkylation sites (N-methyl/N-ethyl adjacent to an activating group) is 2. The Labute approximate surface area is 154 Å². The molecule has 0 spiro atoms. The maximum Gasteiger partial charge on any atom is 0.272 e. The molecule has 0 radical (unpaired) electrons. The fourth-order valence-corrected chi connectivity index (χ4v) is 4.51. The topological polar surface area (TPSA) is 53.4 Å². The van der Waals surface area contributed by atoms with Crippen LogP contribution in [-0.4, -0.2) is 70.8 Å². The zero-order valence-electron chi connectivity index (χ0n) is 15.6. The molecule has 2 aliphatic rings. The van der Waals surface area contributed by atoms with Gasteiger partial charge in [-0.05, 0) is 33.0 Å². The van der Waals surface area contributed by atoms with Crippen molar-refractivity contribution >= 4 is 16.8 Å². The highest BCUT2D eigenvalue weighted by Gasteiger charge is 2.38. The third kappa shape index (κ3) is 3.04. The number of hydrogen-bond donors (Lipinski definition) is 1. The molecule has 2 aromatic rings. The number of benzene rings is 1. The highest BCUT2D eigenvalue weighted by Crippen LogP contribution is 2.27. The molecule has 2 bridgehead atoms. The Balaban J connectivity index is 1.54. The van der Waals surface area contributed by atoms with Gasteiger partial charge in [-0.1, -0.05) is 24.3 Å². The van der Waals surface area contributed by atoms with Crippen LogP contribution in [0.5, 0.6) is 0 Å². The first-order valence-electron chi connectivity index (χ1n) is 9.34. The largest absolute Gasteiger partial charge is 0.348 e. The first-order chi connectivity index (χ1) is 12.6. The second-order valence-corrected chi connectivity index (χ2v) is 7.67. The molecule has 1 aromatic heterocycles. The number of hydrogen-bond acceptors (Lipinski definition) is 4. The van der Waals surface area contributed by atoms with Crippen LogP contribution in [0.1, 0.15) is 23.3 Å². The summed E-state index contributed by atoms with van der Waals surface area (Å²) in [5.74, 6) is -0.0648. The quantitative estimate of drug-likeness (QED) is 0.851. The molecular weight excluding hydrogens is 326 g/mol. The molecule has 0 saturated carbocycles. The fourth-order valence-electron chi connectivity index (χ4n) is 4.51. The van der Waals surface area contributed by atoms with Gasteiger partial charge in [-0.2, -0.15) is 5.10 Å². The van der Waals surface area contributed by atoms with Crippen LogP contribution in [0.15, 0.2) is 36.9 Å². The maximum absolute atomic E-state index is 13.0. The van der Waals surface area contributed by atoms with E-state index >= 15 is 0 Å². The predicted octanol–water partition coefficient (Wildman–Crippen LogP) is 1.73. The number of carbonyl (C=O) groups excluding carboxylic acids is 1. The Kier molecular flexibility index (Phi) is 4.54. The molecule has 1 amide bonds. The lowest BCUT2D eigenvalue weighted by Gasteiger charge is -2.50. The normalized spacial score (nSPS) is 26.8. The lowest BCUT2D eigenvalue weighted by molar-refractivity contribution is 0.00837. The standard InChI is InChI=1S/C20H27N5O/c1-4-9-25-18-8-6-5-7-17(18)19(22-25)20(26)21-14-10-15-12-23(2)13-16(11-14)24(15)3/h4-8,14-16H,1,9-13H2,2-3H3,(H,21,26)/t14?,15-,16+. The van der Waals surface area contributed by atoms with Gasteiger partial charge in [-0.3, -0.25) is 14.4 Å². The molecule has 6 heteroatoms. The number of fused-ring (bicyclic) bond motifs is 3. The SMILES string of the molecule is C=CCn1nc(C(=O)NC2C[C@@H]3CN(C)C[C@H](C2)N3C)c2ccccc21. The van der Waals surface area contributed by atoms with Crippen LogP contribution in [0.2, 0.25) is 0 Å². The summed E-state index contributed by atoms with van der Waals surface area (Å²) in [7, 11) is 4.40. The summed E-state index contributed by atoms with van der Waals surface area (Å²) in [6.07, 6.45) is 3.79. The Morgan fingerprint density at radius 1 is 1.27 bits per heavy atom. The van der Waals surface area contributed by atoms with Crippen LogP contribution >= 0.6 is 0 Å². The van der Waals surface area contributed by atoms with Gasteiger partial charge in [0.05, 0.1) is 12.1 Å². The third-order valence-corrected chi connectivity index (χ3v) is 5.82. The van der Waals surface area contributed by atoms with Crippen molar-refractivity contribution in [3.63, 3.8) is 0 Å². The number of amides is 1. The molecule has 1 unspecified atom stereocenters. The van der Waals surface area contributed by atoms with Gasteiger partial charge in [0.1, 0.15) is 0 Å². The summed E-state index contributed by atoms with van der Waals surface area (Å²) in [5.41, 5.74) is 1.49. The van der Waals surface area contributed by atoms with E-state index < -0.39 is 0 Å². The van der Waals surface area contributed by atoms with Crippen LogP contribution in [0.25, 0.3) is 10.9 Å². The second-order valence-electron chi connectivity index (χ2n) is 7.67. The molecule has 26 heavy (non-hydrogen) atoms. The molecule has 2 saturated heterocycles. The fraction of sp³-hybridized carbons (Fsp3) is 0.500. The van der Waals surface area contributed by atoms with Crippen LogP contribution < -0.4 is 5.32 Å². The smallest absolute Gasteiger partial charge is 0.272 e. The Morgan fingerprint density at radius 3 is 2.65 bits per heavy atom. The molecule has 4 rings (SSSR count). The van der Waals surface area contributed by atoms with Crippen molar-refractivity contribution in [3.8, 4) is 0 Å². The number of piperidine rings is 1. The van der Waals surface area contributed by atoms with Crippen molar-refractivity contribution in [2.75, 3.05) is 27.2 Å². The van der Waals surface area contributed by atoms with Crippen LogP contribution in [0.4, 0.5) is 0 Å². The minimum Gasteiger partial charge on any atom is -0.348 e. The van der Waals surface area contributed by atoms with Gasteiger partial charge in [-0.15, -0.1) is 6.58 Å². The molecule has 1 N–H and O–H groups in total. The van der Waals surface area contributed by atoms with Gasteiger partial charge in [-0.25, -0.2) is 0 Å². The molecule has 3 heterocycles. The van der Waals surface area contributed by atoms with Gasteiger partial charge in [0, 0.05) is 36.6 Å². The molecule has 6 nitrogen and oxygen atoms in total. The van der Waals surface area contributed by atoms with E-state index in [-0.39, 0.29) is 11.9 Å². The maximum atomic E-state index is 13.0. The number of allylic oxidation sites excluding steroid dienone is 1. The monoisotopic (exact) mass is 353 g/mol. The number of aromatic nitrogens is 2. The Hall–Kier alpha value is -2.18. The lowest BCUT2D eigenvalue weighted by Crippen LogP contribution is -2.63. The zero-order valence-corrected chi connectivity index (χ0v) is 15.6. The molecule has 2 aliphatic heterocycles. The van der Waals surface area contributed by atoms with Crippen molar-refractivity contribution in [2.45, 2.75) is 37.5 Å². The van der Waals surface area contributed by atoms with E-state index in [4.69, 9.17) is 0 Å². The Bertz CT molecular complexity index is 813. The number of rotatable bonds is 4. The van der Waals surface area contributed by atoms with Crippen molar-refractivity contribution < 1.29 is 4.79 Å². The number of nitrogens with one attached hydrogen (secondary N) is 1. The van der Waals surface area contributed by atoms with Crippen LogP contribution in [-0.2, 0) is 6.54 Å². The lowest BCUT2D eigenvalue weighted by atomic mass is 9.88. The third-order valence-electron chi connectivity index (χ3n) is 5.82. The van der Waals surface area contributed by atoms with Crippen molar-refractivity contribution in [1.82, 2.24) is 24.9 Å². The van der Waals surface area contributed by atoms with Crippen molar-refractivity contribution in [2.24, 2.45) is 0 Å². The van der Waals surface area contributed by atoms with Gasteiger partial charge in [0.15, 0.2) is 5.69 Å². The van der Waals surface area contributed by atoms with Gasteiger partial charge in [0.25, 0.3) is 5.91 Å². The van der Waals surface area contributed by atoms with E-state index in [0.717, 1.165) is 36.8 Å². The molecule has 1 aromatic carbocycles. The van der Waals surface area contributed by atoms with Crippen LogP contribution in [0, 0.1) is 0 Å². The minimum atomic E-state index is -0.0648. The molecule has 2 fully saturated rings. The summed E-state index contributed by atoms with van der Waals surface area (Å²) >= 11 is 0. The Morgan fingerprint density at radius 2 is 1.96 bits per heavy atom. The predicted molar refractivity (Wildman–Crippen MR) is 103 cm³/mol. The van der Waals surface area contributed by atoms with Gasteiger partial charge < -0.3 is 10.2 Å². The molecular formula is C20H27N5O. The summed E-state index contributed by atoms with van der Waals surface area (Å²) in [4.78, 5) is 17.9. The van der Waals surface area contributed by atoms with Crippen molar-refractivity contribution in [1.29, 1.82) is 0 Å². The summed E-state index contributed by atoms with van der Waals surface area (Å²) in [6.45, 7) is 6.51. The van der Waals surface area contributed by atoms with Gasteiger partial charge >= 0.3 is 0 Å². The minimum absolute atomic E-state index is 0.0648. The average molecular weight is 353 g/mol. The molecule has 3 atom stereocenters. The average Bonchev–Trinajstić information content (AvgIpc) is 2.96. The highest BCUT2D eigenvalue weighted by molar-refractivity contribution is 6.05. The number of likely N-dealkylation sites (tertiary alicyclic amines) is 1. The van der Waals surface area contributed by atoms with Gasteiger partial charge in [0.2, 0.25) is 0 Å². The van der Waals surface area contributed by atoms with E-state index in [1.807, 2.05) is 28.9 Å². The summed E-state index contributed by atoms with van der Waals surface area (Å²) in [5, 5.41) is 8.72. The second kappa shape index (κ2) is 6.85. The summed E-state index contributed by atoms with van der Waals surface area (Å²) in [6, 6.07) is 9.12.